The van der Waals surface area contributed by atoms with Gasteiger partial charge in [0, 0.05) is 6.42 Å². The van der Waals surface area contributed by atoms with E-state index in [4.69, 9.17) is 5.73 Å². The Balaban J connectivity index is 0.00000364. The van der Waals surface area contributed by atoms with Crippen molar-refractivity contribution >= 4 is 11.9 Å². The van der Waals surface area contributed by atoms with Crippen LogP contribution in [0.1, 0.15) is 11.1 Å². The second-order valence-electron chi connectivity index (χ2n) is 5.90. The van der Waals surface area contributed by atoms with Crippen molar-refractivity contribution in [3.8, 4) is 17.2 Å². The molecule has 10 nitrogen and oxygen atoms in total. The highest BCUT2D eigenvalue weighted by Crippen LogP contribution is 2.25. The van der Waals surface area contributed by atoms with E-state index in [1.54, 1.807) is 12.1 Å². The number of carbonyl (C=O) groups excluding carboxylic acids is 1. The first-order valence-electron chi connectivity index (χ1n) is 7.84. The summed E-state index contributed by atoms with van der Waals surface area (Å²) in [7, 11) is 0. The lowest BCUT2D eigenvalue weighted by molar-refractivity contribution is -0.141. The normalized spacial score (nSPS) is 12.0. The molecule has 0 spiro atoms. The number of phenols is 3. The lowest BCUT2D eigenvalue weighted by Crippen LogP contribution is -2.50. The minimum absolute atomic E-state index is 0. The monoisotopic (exact) mass is 396 g/mol. The topological polar surface area (TPSA) is 216 Å². The Morgan fingerprint density at radius 3 is 2.00 bits per heavy atom. The number of aromatic hydroxyl groups is 3. The molecule has 2 rings (SSSR count). The summed E-state index contributed by atoms with van der Waals surface area (Å²) in [4.78, 5) is 23.6. The summed E-state index contributed by atoms with van der Waals surface area (Å²) < 4.78 is 0. The predicted molar refractivity (Wildman–Crippen MR) is 100 cm³/mol. The lowest BCUT2D eigenvalue weighted by Gasteiger charge is -2.18. The number of benzene rings is 2. The third-order valence-corrected chi connectivity index (χ3v) is 3.82. The van der Waals surface area contributed by atoms with E-state index < -0.39 is 24.0 Å². The summed E-state index contributed by atoms with van der Waals surface area (Å²) in [5.41, 5.74) is 6.97. The number of rotatable bonds is 7. The summed E-state index contributed by atoms with van der Waals surface area (Å²) in [5.74, 6) is -2.41. The number of carboxylic acid groups (broad SMARTS) is 1. The predicted octanol–water partition coefficient (Wildman–Crippen LogP) is -1.16. The van der Waals surface area contributed by atoms with Crippen LogP contribution in [0.2, 0.25) is 0 Å². The molecule has 0 aliphatic heterocycles. The highest BCUT2D eigenvalue weighted by atomic mass is 16.4. The van der Waals surface area contributed by atoms with Gasteiger partial charge in [0.05, 0.1) is 6.04 Å². The maximum atomic E-state index is 12.2. The van der Waals surface area contributed by atoms with Crippen LogP contribution >= 0.6 is 0 Å². The number of aliphatic carboxylic acids is 1. The summed E-state index contributed by atoms with van der Waals surface area (Å²) in [5, 5.41) is 39.7. The zero-order valence-corrected chi connectivity index (χ0v) is 14.8. The fraction of sp³-hybridized carbons (Fsp3) is 0.222. The van der Waals surface area contributed by atoms with Crippen molar-refractivity contribution in [3.05, 3.63) is 53.6 Å². The van der Waals surface area contributed by atoms with Crippen LogP contribution in [-0.4, -0.2) is 55.3 Å². The number of amides is 1. The fourth-order valence-corrected chi connectivity index (χ4v) is 2.39. The number of carboxylic acids is 1. The van der Waals surface area contributed by atoms with E-state index >= 15 is 0 Å². The number of nitrogens with one attached hydrogen (secondary N) is 1. The average molecular weight is 396 g/mol. The van der Waals surface area contributed by atoms with Crippen LogP contribution in [0, 0.1) is 0 Å². The molecule has 0 radical (unpaired) electrons. The summed E-state index contributed by atoms with van der Waals surface area (Å²) >= 11 is 0. The molecule has 0 unspecified atom stereocenters. The number of phenolic OH excluding ortho intramolecular Hbond substituents is 3. The molecule has 0 aliphatic rings. The number of hydrogen-bond acceptors (Lipinski definition) is 6. The van der Waals surface area contributed by atoms with Crippen molar-refractivity contribution in [2.75, 3.05) is 0 Å². The molecular formula is C18H24N2O8. The Bertz CT molecular complexity index is 795. The van der Waals surface area contributed by atoms with Gasteiger partial charge in [-0.25, -0.2) is 4.79 Å². The molecule has 2 aromatic rings. The largest absolute Gasteiger partial charge is 0.508 e. The highest BCUT2D eigenvalue weighted by Gasteiger charge is 2.24. The average Bonchev–Trinajstić information content (AvgIpc) is 2.59. The second kappa shape index (κ2) is 10.7. The van der Waals surface area contributed by atoms with Crippen molar-refractivity contribution < 1.29 is 41.0 Å². The van der Waals surface area contributed by atoms with Gasteiger partial charge in [0.1, 0.15) is 11.8 Å². The highest BCUT2D eigenvalue weighted by molar-refractivity contribution is 5.87. The van der Waals surface area contributed by atoms with Crippen LogP contribution in [0.5, 0.6) is 17.2 Å². The van der Waals surface area contributed by atoms with E-state index in [-0.39, 0.29) is 41.0 Å². The quantitative estimate of drug-likeness (QED) is 0.315. The van der Waals surface area contributed by atoms with Gasteiger partial charge in [-0.3, -0.25) is 4.79 Å². The molecule has 0 heterocycles. The van der Waals surface area contributed by atoms with Gasteiger partial charge in [-0.15, -0.1) is 0 Å². The first-order chi connectivity index (χ1) is 12.3. The van der Waals surface area contributed by atoms with Gasteiger partial charge >= 0.3 is 5.97 Å². The number of carbonyl (C=O) groups is 2. The molecule has 0 saturated carbocycles. The smallest absolute Gasteiger partial charge is 0.326 e. The molecule has 1 amide bonds. The van der Waals surface area contributed by atoms with Crippen molar-refractivity contribution in [3.63, 3.8) is 0 Å². The molecule has 0 bridgehead atoms. The van der Waals surface area contributed by atoms with Crippen LogP contribution in [0.4, 0.5) is 0 Å². The van der Waals surface area contributed by atoms with Crippen LogP contribution in [0.15, 0.2) is 42.5 Å². The van der Waals surface area contributed by atoms with Crippen molar-refractivity contribution in [1.82, 2.24) is 5.32 Å². The first-order valence-corrected chi connectivity index (χ1v) is 7.84. The van der Waals surface area contributed by atoms with E-state index in [2.05, 4.69) is 5.32 Å². The summed E-state index contributed by atoms with van der Waals surface area (Å²) in [6.07, 6.45) is 0.0965. The van der Waals surface area contributed by atoms with Gasteiger partial charge in [-0.05, 0) is 41.8 Å². The van der Waals surface area contributed by atoms with Gasteiger partial charge in [0.15, 0.2) is 11.5 Å². The van der Waals surface area contributed by atoms with Crippen LogP contribution in [0.3, 0.4) is 0 Å². The maximum Gasteiger partial charge on any atom is 0.326 e. The maximum absolute atomic E-state index is 12.2. The Morgan fingerprint density at radius 1 is 0.893 bits per heavy atom. The van der Waals surface area contributed by atoms with E-state index in [0.29, 0.717) is 11.1 Å². The third-order valence-electron chi connectivity index (χ3n) is 3.82. The lowest BCUT2D eigenvalue weighted by atomic mass is 10.0. The molecule has 28 heavy (non-hydrogen) atoms. The van der Waals surface area contributed by atoms with Gasteiger partial charge < -0.3 is 42.4 Å². The Kier molecular flexibility index (Phi) is 9.44. The number of nitrogens with two attached hydrogens (primary N) is 1. The molecule has 0 aromatic heterocycles. The van der Waals surface area contributed by atoms with Crippen LogP contribution in [0.25, 0.3) is 0 Å². The van der Waals surface area contributed by atoms with Crippen LogP contribution < -0.4 is 11.1 Å². The van der Waals surface area contributed by atoms with E-state index in [9.17, 15) is 30.0 Å². The molecule has 11 N–H and O–H groups in total. The standard InChI is InChI=1S/C18H20N2O6.2H2O/c19-13(7-11-3-6-15(22)16(23)9-11)17(24)20-14(18(25)26)8-10-1-4-12(21)5-2-10;;/h1-6,9,13-14,21-23H,7-8,19H2,(H,20,24)(H,25,26);2*1H2/t13-,14-;;/m0../s1. The summed E-state index contributed by atoms with van der Waals surface area (Å²) in [6, 6.07) is 7.86. The third kappa shape index (κ3) is 6.76. The van der Waals surface area contributed by atoms with Crippen molar-refractivity contribution in [2.24, 2.45) is 5.73 Å². The molecule has 0 aliphatic carbocycles. The van der Waals surface area contributed by atoms with E-state index in [1.165, 1.54) is 30.3 Å². The van der Waals surface area contributed by atoms with Gasteiger partial charge in [-0.1, -0.05) is 18.2 Å². The summed E-state index contributed by atoms with van der Waals surface area (Å²) in [6.45, 7) is 0. The number of hydrogen-bond donors (Lipinski definition) is 6. The molecule has 10 heteroatoms. The van der Waals surface area contributed by atoms with Gasteiger partial charge in [0.25, 0.3) is 0 Å². The van der Waals surface area contributed by atoms with Crippen LogP contribution in [-0.2, 0) is 22.4 Å². The minimum atomic E-state index is -1.21. The fourth-order valence-electron chi connectivity index (χ4n) is 2.39. The van der Waals surface area contributed by atoms with Crippen molar-refractivity contribution in [1.29, 1.82) is 0 Å². The Labute approximate surface area is 160 Å². The second-order valence-corrected chi connectivity index (χ2v) is 5.90. The van der Waals surface area contributed by atoms with Gasteiger partial charge in [-0.2, -0.15) is 0 Å². The SMILES string of the molecule is N[C@@H](Cc1ccc(O)c(O)c1)C(=O)N[C@@H](Cc1ccc(O)cc1)C(=O)O.O.O. The first kappa shape index (κ1) is 24.7. The molecule has 0 saturated heterocycles. The molecule has 2 aromatic carbocycles. The molecule has 2 atom stereocenters. The van der Waals surface area contributed by atoms with Crippen molar-refractivity contribution in [2.45, 2.75) is 24.9 Å². The molecular weight excluding hydrogens is 372 g/mol. The molecule has 0 fully saturated rings. The Morgan fingerprint density at radius 2 is 1.46 bits per heavy atom. The molecule has 154 valence electrons. The van der Waals surface area contributed by atoms with E-state index in [1.807, 2.05) is 0 Å². The van der Waals surface area contributed by atoms with Gasteiger partial charge in [0.2, 0.25) is 5.91 Å². The Hall–Kier alpha value is -3.34. The van der Waals surface area contributed by atoms with E-state index in [0.717, 1.165) is 0 Å². The zero-order chi connectivity index (χ0) is 19.3. The minimum Gasteiger partial charge on any atom is -0.508 e. The zero-order valence-electron chi connectivity index (χ0n) is 14.8.